The average Bonchev–Trinajstić information content (AvgIpc) is 2.96. The monoisotopic (exact) mass is 428 g/mol. The third-order valence-electron chi connectivity index (χ3n) is 5.94. The van der Waals surface area contributed by atoms with E-state index in [9.17, 15) is 40.5 Å². The lowest BCUT2D eigenvalue weighted by atomic mass is 9.91. The first-order chi connectivity index (χ1) is 14.3. The van der Waals surface area contributed by atoms with Crippen molar-refractivity contribution in [3.05, 3.63) is 33.9 Å². The summed E-state index contributed by atoms with van der Waals surface area (Å²) >= 11 is 0. The van der Waals surface area contributed by atoms with Crippen molar-refractivity contribution in [3.63, 3.8) is 0 Å². The summed E-state index contributed by atoms with van der Waals surface area (Å²) in [5.41, 5.74) is 1.84. The predicted molar refractivity (Wildman–Crippen MR) is 100 cm³/mol. The highest BCUT2D eigenvalue weighted by molar-refractivity contribution is 6.04. The molecule has 10 nitrogen and oxygen atoms in total. The molecule has 1 fully saturated rings. The molecule has 2 aliphatic rings. The van der Waals surface area contributed by atoms with E-state index in [1.807, 2.05) is 0 Å². The van der Waals surface area contributed by atoms with E-state index in [4.69, 9.17) is 9.47 Å². The molecular weight excluding hydrogens is 400 g/mol. The highest BCUT2D eigenvalue weighted by Gasteiger charge is 2.44. The Bertz CT molecular complexity index is 779. The Hall–Kier alpha value is -1.47. The molecule has 1 heterocycles. The van der Waals surface area contributed by atoms with Crippen LogP contribution in [0.25, 0.3) is 0 Å². The largest absolute Gasteiger partial charge is 0.394 e. The number of benzene rings is 1. The van der Waals surface area contributed by atoms with Gasteiger partial charge in [0.1, 0.15) is 24.4 Å². The summed E-state index contributed by atoms with van der Waals surface area (Å²) in [6.45, 7) is 0.0751. The van der Waals surface area contributed by atoms with E-state index in [1.54, 1.807) is 13.0 Å². The number of aliphatic hydroxyl groups is 7. The molecule has 1 aromatic carbocycles. The minimum absolute atomic E-state index is 0.0756. The van der Waals surface area contributed by atoms with Gasteiger partial charge in [-0.3, -0.25) is 4.79 Å². The van der Waals surface area contributed by atoms with Crippen LogP contribution in [0, 0.1) is 5.92 Å². The molecule has 10 heteroatoms. The Kier molecular flexibility index (Phi) is 7.23. The topological polar surface area (TPSA) is 177 Å². The number of rotatable bonds is 7. The SMILES string of the molecule is C[C@@H]1C(=O)c2c(cc(CO)c(CCO[C@@H]3O[C@@H](CO)[C@@H](O)[C@H](O)[C@@H]3O)c2CO)[C@H]1O. The van der Waals surface area contributed by atoms with Gasteiger partial charge < -0.3 is 45.2 Å². The fraction of sp³-hybridized carbons (Fsp3) is 0.650. The van der Waals surface area contributed by atoms with E-state index < -0.39 is 55.9 Å². The summed E-state index contributed by atoms with van der Waals surface area (Å²) < 4.78 is 10.8. The zero-order valence-electron chi connectivity index (χ0n) is 16.5. The molecule has 0 aromatic heterocycles. The first kappa shape index (κ1) is 23.2. The number of hydrogen-bond donors (Lipinski definition) is 7. The van der Waals surface area contributed by atoms with Gasteiger partial charge in [0, 0.05) is 11.5 Å². The molecule has 1 aliphatic heterocycles. The van der Waals surface area contributed by atoms with Crippen LogP contribution in [0.3, 0.4) is 0 Å². The number of Topliss-reactive ketones (excluding diaryl/α,β-unsaturated/α-hetero) is 1. The molecule has 7 atom stereocenters. The Labute approximate surface area is 172 Å². The zero-order valence-corrected chi connectivity index (χ0v) is 16.5. The first-order valence-electron chi connectivity index (χ1n) is 9.80. The molecule has 0 unspecified atom stereocenters. The van der Waals surface area contributed by atoms with Crippen LogP contribution < -0.4 is 0 Å². The van der Waals surface area contributed by atoms with Gasteiger partial charge in [0.05, 0.1) is 32.5 Å². The lowest BCUT2D eigenvalue weighted by Gasteiger charge is -2.39. The molecule has 1 saturated heterocycles. The maximum Gasteiger partial charge on any atom is 0.186 e. The molecule has 0 spiro atoms. The summed E-state index contributed by atoms with van der Waals surface area (Å²) in [5, 5.41) is 68.9. The Morgan fingerprint density at radius 3 is 2.30 bits per heavy atom. The van der Waals surface area contributed by atoms with Gasteiger partial charge in [-0.15, -0.1) is 0 Å². The summed E-state index contributed by atoms with van der Waals surface area (Å²) in [7, 11) is 0. The second kappa shape index (κ2) is 9.35. The van der Waals surface area contributed by atoms with Gasteiger partial charge in [-0.1, -0.05) is 6.92 Å². The van der Waals surface area contributed by atoms with Gasteiger partial charge in [0.15, 0.2) is 12.1 Å². The summed E-state index contributed by atoms with van der Waals surface area (Å²) in [6.07, 6.45) is -7.90. The zero-order chi connectivity index (χ0) is 22.2. The second-order valence-electron chi connectivity index (χ2n) is 7.69. The van der Waals surface area contributed by atoms with Crippen molar-refractivity contribution in [2.24, 2.45) is 5.92 Å². The summed E-state index contributed by atoms with van der Waals surface area (Å²) in [6, 6.07) is 1.55. The minimum atomic E-state index is -1.57. The predicted octanol–water partition coefficient (Wildman–Crippen LogP) is -2.10. The molecule has 3 rings (SSSR count). The standard InChI is InChI=1S/C20H28O10/c1-8-15(24)11-4-9(5-21)10(12(6-22)14(11)16(8)25)2-3-29-20-19(28)18(27)17(26)13(7-23)30-20/h4,8,13,15,17-24,26-28H,2-3,5-7H2,1H3/t8-,13-,15-,17+,18-,19-,20+/m0/s1. The van der Waals surface area contributed by atoms with E-state index in [0.717, 1.165) is 0 Å². The van der Waals surface area contributed by atoms with Crippen molar-refractivity contribution in [2.45, 2.75) is 63.4 Å². The van der Waals surface area contributed by atoms with E-state index in [2.05, 4.69) is 0 Å². The number of fused-ring (bicyclic) bond motifs is 1. The lowest BCUT2D eigenvalue weighted by molar-refractivity contribution is -0.300. The number of carbonyl (C=O) groups is 1. The second-order valence-corrected chi connectivity index (χ2v) is 7.69. The fourth-order valence-electron chi connectivity index (χ4n) is 4.14. The Morgan fingerprint density at radius 1 is 1.00 bits per heavy atom. The normalized spacial score (nSPS) is 33.7. The molecule has 7 N–H and O–H groups in total. The molecule has 0 saturated carbocycles. The smallest absolute Gasteiger partial charge is 0.186 e. The molecule has 168 valence electrons. The van der Waals surface area contributed by atoms with Crippen LogP contribution >= 0.6 is 0 Å². The quantitative estimate of drug-likeness (QED) is 0.254. The van der Waals surface area contributed by atoms with Gasteiger partial charge in [0.2, 0.25) is 0 Å². The fourth-order valence-corrected chi connectivity index (χ4v) is 4.14. The average molecular weight is 428 g/mol. The van der Waals surface area contributed by atoms with Crippen LogP contribution in [0.5, 0.6) is 0 Å². The van der Waals surface area contributed by atoms with Crippen molar-refractivity contribution in [1.82, 2.24) is 0 Å². The molecule has 1 aromatic rings. The third kappa shape index (κ3) is 3.91. The van der Waals surface area contributed by atoms with Crippen molar-refractivity contribution in [3.8, 4) is 0 Å². The van der Waals surface area contributed by atoms with E-state index in [1.165, 1.54) is 0 Å². The Morgan fingerprint density at radius 2 is 1.70 bits per heavy atom. The number of carbonyl (C=O) groups excluding carboxylic acids is 1. The molecule has 0 radical (unpaired) electrons. The van der Waals surface area contributed by atoms with Crippen LogP contribution in [-0.2, 0) is 29.1 Å². The highest BCUT2D eigenvalue weighted by atomic mass is 16.7. The van der Waals surface area contributed by atoms with Gasteiger partial charge in [0.25, 0.3) is 0 Å². The van der Waals surface area contributed by atoms with Gasteiger partial charge >= 0.3 is 0 Å². The van der Waals surface area contributed by atoms with Crippen molar-refractivity contribution >= 4 is 5.78 Å². The number of hydrogen-bond acceptors (Lipinski definition) is 10. The van der Waals surface area contributed by atoms with Crippen LogP contribution in [-0.4, -0.2) is 85.4 Å². The van der Waals surface area contributed by atoms with Crippen LogP contribution in [0.4, 0.5) is 0 Å². The van der Waals surface area contributed by atoms with Gasteiger partial charge in [-0.25, -0.2) is 0 Å². The highest BCUT2D eigenvalue weighted by Crippen LogP contribution is 2.40. The minimum Gasteiger partial charge on any atom is -0.394 e. The lowest BCUT2D eigenvalue weighted by Crippen LogP contribution is -2.59. The molecule has 0 bridgehead atoms. The van der Waals surface area contributed by atoms with Crippen LogP contribution in [0.15, 0.2) is 6.07 Å². The van der Waals surface area contributed by atoms with E-state index in [-0.39, 0.29) is 31.0 Å². The van der Waals surface area contributed by atoms with Crippen molar-refractivity contribution in [2.75, 3.05) is 13.2 Å². The molecule has 30 heavy (non-hydrogen) atoms. The first-order valence-corrected chi connectivity index (χ1v) is 9.80. The van der Waals surface area contributed by atoms with Crippen LogP contribution in [0.2, 0.25) is 0 Å². The Balaban J connectivity index is 1.80. The van der Waals surface area contributed by atoms with Gasteiger partial charge in [-0.2, -0.15) is 0 Å². The number of aliphatic hydroxyl groups excluding tert-OH is 7. The maximum absolute atomic E-state index is 12.5. The van der Waals surface area contributed by atoms with Gasteiger partial charge in [-0.05, 0) is 34.7 Å². The van der Waals surface area contributed by atoms with E-state index >= 15 is 0 Å². The maximum atomic E-state index is 12.5. The summed E-state index contributed by atoms with van der Waals surface area (Å²) in [4.78, 5) is 12.5. The van der Waals surface area contributed by atoms with Crippen molar-refractivity contribution in [1.29, 1.82) is 0 Å². The van der Waals surface area contributed by atoms with E-state index in [0.29, 0.717) is 22.3 Å². The number of ether oxygens (including phenoxy) is 2. The third-order valence-corrected chi connectivity index (χ3v) is 5.94. The molecule has 1 aliphatic carbocycles. The number of ketones is 1. The molecule has 0 amide bonds. The summed E-state index contributed by atoms with van der Waals surface area (Å²) in [5.74, 6) is -0.945. The van der Waals surface area contributed by atoms with Crippen molar-refractivity contribution < 1.29 is 50.0 Å². The molecular formula is C20H28O10. The van der Waals surface area contributed by atoms with Crippen LogP contribution in [0.1, 0.15) is 45.6 Å².